The van der Waals surface area contributed by atoms with E-state index in [1.165, 1.54) is 38.1 Å². The molecule has 1 aliphatic carbocycles. The summed E-state index contributed by atoms with van der Waals surface area (Å²) < 4.78 is 33.4. The summed E-state index contributed by atoms with van der Waals surface area (Å²) >= 11 is 12.8. The number of hydrogen-bond acceptors (Lipinski definition) is 6. The summed E-state index contributed by atoms with van der Waals surface area (Å²) in [6.45, 7) is 2.91. The Hall–Kier alpha value is -3.24. The van der Waals surface area contributed by atoms with E-state index in [1.54, 1.807) is 0 Å². The van der Waals surface area contributed by atoms with Gasteiger partial charge in [-0.15, -0.1) is 0 Å². The standard InChI is InChI=1S/C23H16Cl2O8S/c1-10-5-12(7-14(9-26)21(10)27)18(13-6-11(2)22(28)15(8-13)23(29)30)19-16(24)3-4-17(20(19)25)34(31,32)33/h3-9,27H,1-2H3,(H,29,30)(H,31,32,33). The first-order valence-electron chi connectivity index (χ1n) is 9.45. The van der Waals surface area contributed by atoms with Gasteiger partial charge in [-0.2, -0.15) is 8.42 Å². The quantitative estimate of drug-likeness (QED) is 0.297. The van der Waals surface area contributed by atoms with Gasteiger partial charge < -0.3 is 10.2 Å². The van der Waals surface area contributed by atoms with Crippen molar-refractivity contribution < 1.29 is 37.6 Å². The highest BCUT2D eigenvalue weighted by Gasteiger charge is 2.28. The van der Waals surface area contributed by atoms with E-state index < -0.39 is 37.4 Å². The summed E-state index contributed by atoms with van der Waals surface area (Å²) in [6, 6.07) is 4.89. The Bertz CT molecular complexity index is 1480. The van der Waals surface area contributed by atoms with Crippen LogP contribution in [-0.2, 0) is 19.7 Å². The average Bonchev–Trinajstić information content (AvgIpc) is 2.73. The molecular weight excluding hydrogens is 507 g/mol. The number of carboxylic acids is 1. The molecule has 3 rings (SSSR count). The largest absolute Gasteiger partial charge is 0.507 e. The number of benzene rings is 2. The molecule has 0 aliphatic heterocycles. The van der Waals surface area contributed by atoms with Gasteiger partial charge in [-0.3, -0.25) is 14.1 Å². The molecule has 11 heteroatoms. The van der Waals surface area contributed by atoms with Crippen LogP contribution in [0.2, 0.25) is 10.0 Å². The van der Waals surface area contributed by atoms with Crippen molar-refractivity contribution in [2.45, 2.75) is 18.7 Å². The van der Waals surface area contributed by atoms with Gasteiger partial charge in [-0.25, -0.2) is 4.79 Å². The molecule has 0 fully saturated rings. The number of aromatic hydroxyl groups is 1. The Labute approximate surface area is 204 Å². The first kappa shape index (κ1) is 25.4. The molecule has 34 heavy (non-hydrogen) atoms. The van der Waals surface area contributed by atoms with Crippen LogP contribution >= 0.6 is 23.2 Å². The minimum Gasteiger partial charge on any atom is -0.507 e. The predicted molar refractivity (Wildman–Crippen MR) is 125 cm³/mol. The van der Waals surface area contributed by atoms with Gasteiger partial charge in [0.25, 0.3) is 10.1 Å². The van der Waals surface area contributed by atoms with Crippen LogP contribution in [0, 0.1) is 6.92 Å². The average molecular weight is 523 g/mol. The second kappa shape index (κ2) is 9.19. The molecule has 0 saturated heterocycles. The van der Waals surface area contributed by atoms with Crippen molar-refractivity contribution in [1.82, 2.24) is 0 Å². The Morgan fingerprint density at radius 3 is 2.29 bits per heavy atom. The molecule has 2 aromatic carbocycles. The summed E-state index contributed by atoms with van der Waals surface area (Å²) in [5.41, 5.74) is -0.0384. The lowest BCUT2D eigenvalue weighted by molar-refractivity contribution is -0.134. The zero-order valence-electron chi connectivity index (χ0n) is 17.6. The number of rotatable bonds is 5. The van der Waals surface area contributed by atoms with Gasteiger partial charge in [0, 0.05) is 5.56 Å². The first-order valence-corrected chi connectivity index (χ1v) is 11.6. The van der Waals surface area contributed by atoms with Crippen LogP contribution in [0.15, 0.2) is 58.0 Å². The molecule has 0 amide bonds. The molecule has 3 N–H and O–H groups in total. The van der Waals surface area contributed by atoms with Crippen molar-refractivity contribution in [1.29, 1.82) is 0 Å². The summed E-state index contributed by atoms with van der Waals surface area (Å²) in [4.78, 5) is 34.9. The molecule has 0 bridgehead atoms. The lowest BCUT2D eigenvalue weighted by Crippen LogP contribution is -2.17. The van der Waals surface area contributed by atoms with Gasteiger partial charge in [-0.05, 0) is 78.1 Å². The number of carboxylic acid groups (broad SMARTS) is 1. The van der Waals surface area contributed by atoms with Crippen LogP contribution in [0.25, 0.3) is 5.57 Å². The molecular formula is C23H16Cl2O8S. The SMILES string of the molecule is CC1=CC(=C(c2cc(C)c(O)c(C=O)c2)c2c(Cl)ccc(S(=O)(=O)O)c2Cl)C=C(C(=O)O)C1=O. The fourth-order valence-electron chi connectivity index (χ4n) is 3.54. The third kappa shape index (κ3) is 4.55. The number of aliphatic carboxylic acids is 1. The lowest BCUT2D eigenvalue weighted by atomic mass is 9.85. The minimum absolute atomic E-state index is 0.0634. The first-order chi connectivity index (χ1) is 15.8. The number of aryl methyl sites for hydroxylation is 1. The Kier molecular flexibility index (Phi) is 6.86. The minimum atomic E-state index is -4.78. The van der Waals surface area contributed by atoms with E-state index in [0.717, 1.165) is 12.1 Å². The Morgan fingerprint density at radius 2 is 1.74 bits per heavy atom. The number of hydrogen-bond donors (Lipinski definition) is 3. The van der Waals surface area contributed by atoms with E-state index >= 15 is 0 Å². The number of ketones is 1. The highest BCUT2D eigenvalue weighted by Crippen LogP contribution is 2.43. The summed E-state index contributed by atoms with van der Waals surface area (Å²) in [7, 11) is -4.78. The third-order valence-corrected chi connectivity index (χ3v) is 6.84. The topological polar surface area (TPSA) is 146 Å². The monoisotopic (exact) mass is 522 g/mol. The zero-order valence-corrected chi connectivity index (χ0v) is 19.9. The molecule has 0 unspecified atom stereocenters. The van der Waals surface area contributed by atoms with Crippen molar-refractivity contribution in [3.05, 3.63) is 85.4 Å². The number of halogens is 2. The zero-order chi connectivity index (χ0) is 25.5. The number of phenols is 1. The van der Waals surface area contributed by atoms with Gasteiger partial charge in [0.15, 0.2) is 12.1 Å². The maximum Gasteiger partial charge on any atom is 0.339 e. The molecule has 0 aromatic heterocycles. The summed E-state index contributed by atoms with van der Waals surface area (Å²) in [6.07, 6.45) is 2.83. The van der Waals surface area contributed by atoms with Crippen molar-refractivity contribution in [2.24, 2.45) is 0 Å². The Balaban J connectivity index is 2.58. The number of carbonyl (C=O) groups is 3. The van der Waals surface area contributed by atoms with Crippen LogP contribution in [0.5, 0.6) is 5.75 Å². The Morgan fingerprint density at radius 1 is 1.09 bits per heavy atom. The van der Waals surface area contributed by atoms with Crippen molar-refractivity contribution in [3.63, 3.8) is 0 Å². The van der Waals surface area contributed by atoms with Crippen LogP contribution in [0.4, 0.5) is 0 Å². The molecule has 8 nitrogen and oxygen atoms in total. The predicted octanol–water partition coefficient (Wildman–Crippen LogP) is 4.41. The van der Waals surface area contributed by atoms with Gasteiger partial charge in [0.1, 0.15) is 16.2 Å². The van der Waals surface area contributed by atoms with Crippen molar-refractivity contribution in [3.8, 4) is 5.75 Å². The maximum absolute atomic E-state index is 12.3. The van der Waals surface area contributed by atoms with Gasteiger partial charge in [0.2, 0.25) is 0 Å². The van der Waals surface area contributed by atoms with Gasteiger partial charge >= 0.3 is 5.97 Å². The number of Topliss-reactive ketones (excluding diaryl/α,β-unsaturated/α-hetero) is 1. The van der Waals surface area contributed by atoms with Gasteiger partial charge in [0.05, 0.1) is 15.6 Å². The maximum atomic E-state index is 12.3. The highest BCUT2D eigenvalue weighted by molar-refractivity contribution is 7.86. The highest BCUT2D eigenvalue weighted by atomic mass is 35.5. The van der Waals surface area contributed by atoms with Gasteiger partial charge in [-0.1, -0.05) is 23.2 Å². The van der Waals surface area contributed by atoms with E-state index in [4.69, 9.17) is 23.2 Å². The van der Waals surface area contributed by atoms with Crippen LogP contribution in [0.1, 0.15) is 34.0 Å². The van der Waals surface area contributed by atoms with Crippen molar-refractivity contribution >= 4 is 56.9 Å². The van der Waals surface area contributed by atoms with Crippen LogP contribution in [0.3, 0.4) is 0 Å². The second-order valence-corrected chi connectivity index (χ2v) is 9.58. The number of phenolic OH excluding ortho intramolecular Hbond substituents is 1. The van der Waals surface area contributed by atoms with Crippen molar-refractivity contribution in [2.75, 3.05) is 0 Å². The smallest absolute Gasteiger partial charge is 0.339 e. The third-order valence-electron chi connectivity index (χ3n) is 5.12. The van der Waals surface area contributed by atoms with Crippen LogP contribution < -0.4 is 0 Å². The van der Waals surface area contributed by atoms with E-state index in [0.29, 0.717) is 6.29 Å². The molecule has 0 heterocycles. The number of allylic oxidation sites excluding steroid dienone is 4. The fourth-order valence-corrected chi connectivity index (χ4v) is 4.96. The molecule has 0 saturated carbocycles. The molecule has 0 radical (unpaired) electrons. The molecule has 0 spiro atoms. The molecule has 176 valence electrons. The van der Waals surface area contributed by atoms with E-state index in [9.17, 15) is 37.6 Å². The fraction of sp³-hybridized carbons (Fsp3) is 0.0870. The van der Waals surface area contributed by atoms with E-state index in [1.807, 2.05) is 0 Å². The molecule has 0 atom stereocenters. The van der Waals surface area contributed by atoms with E-state index in [-0.39, 0.29) is 49.7 Å². The normalized spacial score (nSPS) is 15.5. The van der Waals surface area contributed by atoms with Crippen LogP contribution in [-0.4, -0.2) is 41.2 Å². The number of aldehydes is 1. The number of carbonyl (C=O) groups excluding carboxylic acids is 2. The summed E-state index contributed by atoms with van der Waals surface area (Å²) in [5, 5.41) is 19.2. The summed E-state index contributed by atoms with van der Waals surface area (Å²) in [5.74, 6) is -2.51. The molecule has 2 aromatic rings. The lowest BCUT2D eigenvalue weighted by Gasteiger charge is -2.20. The van der Waals surface area contributed by atoms with E-state index in [2.05, 4.69) is 0 Å². The molecule has 1 aliphatic rings. The second-order valence-electron chi connectivity index (χ2n) is 7.41.